The predicted octanol–water partition coefficient (Wildman–Crippen LogP) is 1.93. The van der Waals surface area contributed by atoms with Gasteiger partial charge in [0.05, 0.1) is 12.2 Å². The van der Waals surface area contributed by atoms with E-state index in [1.807, 2.05) is 29.2 Å². The quantitative estimate of drug-likeness (QED) is 0.824. The number of carbonyl (C=O) groups is 1. The van der Waals surface area contributed by atoms with Crippen molar-refractivity contribution < 1.29 is 19.0 Å². The van der Waals surface area contributed by atoms with Crippen LogP contribution in [0, 0.1) is 0 Å². The minimum atomic E-state index is -0.548. The van der Waals surface area contributed by atoms with Gasteiger partial charge in [-0.25, -0.2) is 0 Å². The Morgan fingerprint density at radius 2 is 1.88 bits per heavy atom. The normalized spacial score (nSPS) is 31.8. The first-order valence-corrected chi connectivity index (χ1v) is 9.67. The van der Waals surface area contributed by atoms with Gasteiger partial charge in [-0.2, -0.15) is 0 Å². The number of fused-ring (bicyclic) bond motifs is 1. The van der Waals surface area contributed by atoms with E-state index in [2.05, 4.69) is 18.7 Å². The van der Waals surface area contributed by atoms with Crippen molar-refractivity contribution in [3.05, 3.63) is 24.3 Å². The van der Waals surface area contributed by atoms with Crippen LogP contribution in [0.2, 0.25) is 0 Å². The molecule has 0 aliphatic carbocycles. The third kappa shape index (κ3) is 3.67. The molecule has 0 spiro atoms. The number of rotatable bonds is 3. The average molecular weight is 360 g/mol. The van der Waals surface area contributed by atoms with Crippen molar-refractivity contribution in [2.24, 2.45) is 0 Å². The molecule has 0 aromatic heterocycles. The Morgan fingerprint density at radius 3 is 2.65 bits per heavy atom. The van der Waals surface area contributed by atoms with Crippen molar-refractivity contribution >= 4 is 5.91 Å². The minimum Gasteiger partial charge on any atom is -0.485 e. The number of benzene rings is 1. The van der Waals surface area contributed by atoms with Gasteiger partial charge in [0.25, 0.3) is 5.91 Å². The van der Waals surface area contributed by atoms with Crippen LogP contribution < -0.4 is 9.47 Å². The van der Waals surface area contributed by atoms with E-state index >= 15 is 0 Å². The molecular weight excluding hydrogens is 332 g/mol. The lowest BCUT2D eigenvalue weighted by molar-refractivity contribution is -0.143. The Labute approximate surface area is 155 Å². The molecule has 4 rings (SSSR count). The molecular formula is C20H28N2O4. The van der Waals surface area contributed by atoms with Crippen LogP contribution in [0.1, 0.15) is 26.7 Å². The molecule has 0 bridgehead atoms. The molecule has 0 N–H and O–H groups in total. The summed E-state index contributed by atoms with van der Waals surface area (Å²) < 4.78 is 17.5. The molecule has 2 fully saturated rings. The van der Waals surface area contributed by atoms with Crippen LogP contribution in [0.4, 0.5) is 0 Å². The number of carbonyl (C=O) groups excluding carboxylic acids is 1. The Morgan fingerprint density at radius 1 is 1.15 bits per heavy atom. The van der Waals surface area contributed by atoms with Gasteiger partial charge in [0.15, 0.2) is 11.5 Å². The van der Waals surface area contributed by atoms with Gasteiger partial charge in [-0.1, -0.05) is 12.1 Å². The molecule has 2 saturated heterocycles. The van der Waals surface area contributed by atoms with Crippen molar-refractivity contribution in [3.8, 4) is 11.5 Å². The maximum atomic E-state index is 13.1. The predicted molar refractivity (Wildman–Crippen MR) is 97.5 cm³/mol. The molecule has 1 aromatic carbocycles. The summed E-state index contributed by atoms with van der Waals surface area (Å²) >= 11 is 0. The maximum absolute atomic E-state index is 13.1. The second-order valence-corrected chi connectivity index (χ2v) is 7.67. The van der Waals surface area contributed by atoms with Crippen LogP contribution in [-0.2, 0) is 9.53 Å². The highest BCUT2D eigenvalue weighted by Crippen LogP contribution is 2.32. The van der Waals surface area contributed by atoms with E-state index in [4.69, 9.17) is 14.2 Å². The van der Waals surface area contributed by atoms with E-state index < -0.39 is 6.10 Å². The van der Waals surface area contributed by atoms with E-state index in [9.17, 15) is 4.79 Å². The van der Waals surface area contributed by atoms with Crippen molar-refractivity contribution in [1.29, 1.82) is 0 Å². The van der Waals surface area contributed by atoms with E-state index in [-0.39, 0.29) is 30.8 Å². The van der Waals surface area contributed by atoms with Crippen LogP contribution in [0.15, 0.2) is 24.3 Å². The zero-order valence-electron chi connectivity index (χ0n) is 15.6. The molecule has 26 heavy (non-hydrogen) atoms. The summed E-state index contributed by atoms with van der Waals surface area (Å²) in [6.07, 6.45) is 2.05. The first-order chi connectivity index (χ1) is 12.6. The summed E-state index contributed by atoms with van der Waals surface area (Å²) in [6.45, 7) is 8.09. The number of para-hydroxylation sites is 2. The number of amides is 1. The highest BCUT2D eigenvalue weighted by atomic mass is 16.6. The molecule has 6 nitrogen and oxygen atoms in total. The molecule has 3 aliphatic heterocycles. The van der Waals surface area contributed by atoms with Gasteiger partial charge in [-0.05, 0) is 38.8 Å². The Bertz CT molecular complexity index is 642. The maximum Gasteiger partial charge on any atom is 0.267 e. The zero-order chi connectivity index (χ0) is 18.1. The molecule has 0 unspecified atom stereocenters. The molecule has 3 aliphatic rings. The van der Waals surface area contributed by atoms with Gasteiger partial charge in [0.2, 0.25) is 6.10 Å². The Hall–Kier alpha value is -1.79. The summed E-state index contributed by atoms with van der Waals surface area (Å²) in [6, 6.07) is 7.78. The second kappa shape index (κ2) is 7.45. The number of likely N-dealkylation sites (tertiary alicyclic amines) is 1. The van der Waals surface area contributed by atoms with Crippen LogP contribution in [0.5, 0.6) is 11.5 Å². The molecule has 0 radical (unpaired) electrons. The fourth-order valence-corrected chi connectivity index (χ4v) is 4.37. The lowest BCUT2D eigenvalue weighted by Crippen LogP contribution is -2.53. The van der Waals surface area contributed by atoms with Crippen LogP contribution in [0.25, 0.3) is 0 Å². The fraction of sp³-hybridized carbons (Fsp3) is 0.650. The third-order valence-electron chi connectivity index (χ3n) is 5.41. The first-order valence-electron chi connectivity index (χ1n) is 9.67. The van der Waals surface area contributed by atoms with Gasteiger partial charge < -0.3 is 19.1 Å². The van der Waals surface area contributed by atoms with E-state index in [1.54, 1.807) is 0 Å². The Kier molecular flexibility index (Phi) is 5.05. The summed E-state index contributed by atoms with van der Waals surface area (Å²) in [5.41, 5.74) is 0. The summed E-state index contributed by atoms with van der Waals surface area (Å²) in [7, 11) is 0. The number of hydrogen-bond donors (Lipinski definition) is 0. The van der Waals surface area contributed by atoms with Gasteiger partial charge in [0.1, 0.15) is 6.61 Å². The van der Waals surface area contributed by atoms with Gasteiger partial charge in [-0.3, -0.25) is 9.69 Å². The first kappa shape index (κ1) is 17.6. The van der Waals surface area contributed by atoms with Gasteiger partial charge in [-0.15, -0.1) is 0 Å². The topological polar surface area (TPSA) is 51.2 Å². The minimum absolute atomic E-state index is 0.0522. The Balaban J connectivity index is 1.39. The third-order valence-corrected chi connectivity index (χ3v) is 5.41. The largest absolute Gasteiger partial charge is 0.485 e. The van der Waals surface area contributed by atoms with E-state index in [1.165, 1.54) is 0 Å². The van der Waals surface area contributed by atoms with Crippen LogP contribution in [-0.4, -0.2) is 72.8 Å². The average Bonchev–Trinajstić information content (AvgIpc) is 3.08. The number of hydrogen-bond acceptors (Lipinski definition) is 5. The van der Waals surface area contributed by atoms with Crippen molar-refractivity contribution in [2.75, 3.05) is 32.8 Å². The monoisotopic (exact) mass is 360 g/mol. The van der Waals surface area contributed by atoms with Gasteiger partial charge >= 0.3 is 0 Å². The smallest absolute Gasteiger partial charge is 0.267 e. The molecule has 0 saturated carbocycles. The standard InChI is InChI=1S/C20H28N2O4/c1-14-10-21(11-15(2)25-14)12-16-6-5-9-22(16)20(23)19-13-24-17-7-3-4-8-18(17)26-19/h3-4,7-8,14-16,19H,5-6,9-13H2,1-2H3/t14-,15+,16-,19-/m0/s1. The fourth-order valence-electron chi connectivity index (χ4n) is 4.37. The van der Waals surface area contributed by atoms with E-state index in [0.717, 1.165) is 39.0 Å². The second-order valence-electron chi connectivity index (χ2n) is 7.67. The molecule has 1 aromatic rings. The number of morpholine rings is 1. The molecule has 6 heteroatoms. The van der Waals surface area contributed by atoms with Crippen molar-refractivity contribution in [1.82, 2.24) is 9.80 Å². The lowest BCUT2D eigenvalue weighted by Gasteiger charge is -2.39. The van der Waals surface area contributed by atoms with Crippen molar-refractivity contribution in [3.63, 3.8) is 0 Å². The highest BCUT2D eigenvalue weighted by Gasteiger charge is 2.38. The molecule has 4 atom stereocenters. The van der Waals surface area contributed by atoms with Crippen LogP contribution in [0.3, 0.4) is 0 Å². The van der Waals surface area contributed by atoms with Crippen LogP contribution >= 0.6 is 0 Å². The van der Waals surface area contributed by atoms with Crippen molar-refractivity contribution in [2.45, 2.75) is 51.0 Å². The highest BCUT2D eigenvalue weighted by molar-refractivity contribution is 5.82. The summed E-state index contributed by atoms with van der Waals surface area (Å²) in [5.74, 6) is 1.42. The SMILES string of the molecule is C[C@@H]1CN(C[C@@H]2CCCN2C(=O)[C@@H]2COc3ccccc3O2)C[C@H](C)O1. The lowest BCUT2D eigenvalue weighted by atomic mass is 10.1. The number of ether oxygens (including phenoxy) is 3. The molecule has 1 amide bonds. The van der Waals surface area contributed by atoms with Gasteiger partial charge in [0, 0.05) is 32.2 Å². The summed E-state index contributed by atoms with van der Waals surface area (Å²) in [5, 5.41) is 0. The molecule has 3 heterocycles. The van der Waals surface area contributed by atoms with E-state index in [0.29, 0.717) is 11.5 Å². The summed E-state index contributed by atoms with van der Waals surface area (Å²) in [4.78, 5) is 17.5. The molecule has 142 valence electrons. The zero-order valence-corrected chi connectivity index (χ0v) is 15.6. The number of nitrogens with zero attached hydrogens (tertiary/aromatic N) is 2.